The van der Waals surface area contributed by atoms with Gasteiger partial charge in [0.2, 0.25) is 5.54 Å². The molecule has 8 nitrogen and oxygen atoms in total. The van der Waals surface area contributed by atoms with Crippen LogP contribution in [0, 0.1) is 5.82 Å². The maximum atomic E-state index is 14.8. The van der Waals surface area contributed by atoms with Gasteiger partial charge in [0.05, 0.1) is 13.2 Å². The first-order valence-electron chi connectivity index (χ1n) is 14.1. The van der Waals surface area contributed by atoms with Crippen molar-refractivity contribution in [1.29, 1.82) is 0 Å². The Bertz CT molecular complexity index is 1520. The number of nitrogens with zero attached hydrogens (tertiary/aromatic N) is 1. The molecule has 2 N–H and O–H groups in total. The number of hydrogen-bond acceptors (Lipinski definition) is 7. The molecule has 0 radical (unpaired) electrons. The Hall–Kier alpha value is -3.55. The third-order valence-electron chi connectivity index (χ3n) is 7.51. The van der Waals surface area contributed by atoms with Crippen LogP contribution < -0.4 is 24.2 Å². The number of carbonyl (C=O) groups is 1. The topological polar surface area (TPSA) is 105 Å². The van der Waals surface area contributed by atoms with E-state index in [4.69, 9.17) is 14.2 Å². The number of aromatic nitrogens is 1. The fourth-order valence-electron chi connectivity index (χ4n) is 4.72. The van der Waals surface area contributed by atoms with Crippen molar-refractivity contribution in [1.82, 2.24) is 15.0 Å². The van der Waals surface area contributed by atoms with Crippen LogP contribution in [0.4, 0.5) is 17.6 Å². The monoisotopic (exact) mass is 635 g/mol. The van der Waals surface area contributed by atoms with Crippen LogP contribution in [0.1, 0.15) is 61.1 Å². The summed E-state index contributed by atoms with van der Waals surface area (Å²) in [5.74, 6) is -0.696. The first-order chi connectivity index (χ1) is 20.8. The van der Waals surface area contributed by atoms with Gasteiger partial charge in [-0.3, -0.25) is 4.79 Å². The highest BCUT2D eigenvalue weighted by molar-refractivity contribution is 7.90. The molecule has 0 saturated heterocycles. The number of halogens is 4. The second kappa shape index (κ2) is 12.4. The van der Waals surface area contributed by atoms with Gasteiger partial charge in [0.1, 0.15) is 23.4 Å². The summed E-state index contributed by atoms with van der Waals surface area (Å²) >= 11 is -2.06. The van der Waals surface area contributed by atoms with E-state index in [0.29, 0.717) is 22.6 Å². The van der Waals surface area contributed by atoms with E-state index in [9.17, 15) is 26.9 Å². The van der Waals surface area contributed by atoms with Gasteiger partial charge in [0.25, 0.3) is 5.91 Å². The molecule has 2 aliphatic rings. The third-order valence-corrected chi connectivity index (χ3v) is 8.91. The first kappa shape index (κ1) is 31.9. The molecule has 44 heavy (non-hydrogen) atoms. The molecule has 1 aliphatic heterocycles. The highest BCUT2D eigenvalue weighted by Gasteiger charge is 2.64. The van der Waals surface area contributed by atoms with Crippen molar-refractivity contribution in [3.63, 3.8) is 0 Å². The molecule has 1 aromatic heterocycles. The molecule has 1 saturated carbocycles. The number of ether oxygens (including phenoxy) is 3. The standard InChI is InChI=1S/C31H33F4N3O5S/c1-17(2)44(40)38-30(31(33,34)35)16-42-28-23(30)14-24(37-27(28)19-5-8-21(32)9-6-19)18(3)15-36-29(39)20-7-12-25(26(13-20)41-4)43-22-10-11-22/h5-9,12-14,17-18,22,38H,10-11,15-16H2,1-4H3,(H,36,39)/t18-,30+,44?/m1/s1. The molecule has 1 fully saturated rings. The van der Waals surface area contributed by atoms with Gasteiger partial charge in [-0.2, -0.15) is 13.2 Å². The maximum absolute atomic E-state index is 14.8. The molecule has 2 aromatic carbocycles. The van der Waals surface area contributed by atoms with E-state index in [0.717, 1.165) is 12.8 Å². The predicted octanol–water partition coefficient (Wildman–Crippen LogP) is 5.78. The lowest BCUT2D eigenvalue weighted by molar-refractivity contribution is -0.196. The van der Waals surface area contributed by atoms with Crippen LogP contribution in [0.5, 0.6) is 17.2 Å². The number of pyridine rings is 1. The molecule has 236 valence electrons. The number of nitrogens with one attached hydrogen (secondary N) is 2. The largest absolute Gasteiger partial charge is 0.598 e. The molecule has 13 heteroatoms. The quantitative estimate of drug-likeness (QED) is 0.203. The number of hydrogen-bond donors (Lipinski definition) is 2. The summed E-state index contributed by atoms with van der Waals surface area (Å²) in [6, 6.07) is 11.3. The lowest BCUT2D eigenvalue weighted by atomic mass is 9.89. The summed E-state index contributed by atoms with van der Waals surface area (Å²) in [4.78, 5) is 17.7. The smallest absolute Gasteiger partial charge is 0.418 e. The van der Waals surface area contributed by atoms with E-state index in [1.165, 1.54) is 37.4 Å². The van der Waals surface area contributed by atoms with E-state index >= 15 is 0 Å². The molecule has 3 atom stereocenters. The Kier molecular flexibility index (Phi) is 9.01. The molecule has 1 unspecified atom stereocenters. The third kappa shape index (κ3) is 6.45. The van der Waals surface area contributed by atoms with E-state index in [1.54, 1.807) is 39.0 Å². The predicted molar refractivity (Wildman–Crippen MR) is 157 cm³/mol. The van der Waals surface area contributed by atoms with Crippen LogP contribution >= 0.6 is 0 Å². The number of benzene rings is 2. The van der Waals surface area contributed by atoms with Crippen molar-refractivity contribution in [3.8, 4) is 28.5 Å². The molecule has 0 spiro atoms. The van der Waals surface area contributed by atoms with Gasteiger partial charge in [-0.15, -0.1) is 4.72 Å². The zero-order valence-corrected chi connectivity index (χ0v) is 25.4. The van der Waals surface area contributed by atoms with Gasteiger partial charge in [0.15, 0.2) is 17.2 Å². The van der Waals surface area contributed by atoms with Gasteiger partial charge in [-0.1, -0.05) is 6.92 Å². The number of alkyl halides is 3. The Morgan fingerprint density at radius 3 is 2.45 bits per heavy atom. The van der Waals surface area contributed by atoms with Crippen LogP contribution in [-0.4, -0.2) is 53.2 Å². The highest BCUT2D eigenvalue weighted by atomic mass is 32.2. The minimum Gasteiger partial charge on any atom is -0.598 e. The Morgan fingerprint density at radius 1 is 1.14 bits per heavy atom. The molecule has 5 rings (SSSR count). The average molecular weight is 636 g/mol. The highest BCUT2D eigenvalue weighted by Crippen LogP contribution is 2.51. The minimum absolute atomic E-state index is 0.0291. The molecule has 1 aliphatic carbocycles. The summed E-state index contributed by atoms with van der Waals surface area (Å²) in [6.07, 6.45) is -2.82. The van der Waals surface area contributed by atoms with E-state index in [1.807, 2.05) is 0 Å². The van der Waals surface area contributed by atoms with Crippen molar-refractivity contribution in [3.05, 3.63) is 71.2 Å². The summed E-state index contributed by atoms with van der Waals surface area (Å²) < 4.78 is 90.0. The van der Waals surface area contributed by atoms with Crippen molar-refractivity contribution in [2.45, 2.75) is 62.6 Å². The molecule has 2 heterocycles. The van der Waals surface area contributed by atoms with E-state index in [-0.39, 0.29) is 35.3 Å². The molecule has 3 aromatic rings. The molecule has 0 bridgehead atoms. The number of carbonyl (C=O) groups excluding carboxylic acids is 1. The second-order valence-corrected chi connectivity index (χ2v) is 13.0. The first-order valence-corrected chi connectivity index (χ1v) is 15.4. The minimum atomic E-state index is -4.90. The fourth-order valence-corrected chi connectivity index (χ4v) is 5.58. The normalized spacial score (nSPS) is 19.2. The number of rotatable bonds is 11. The summed E-state index contributed by atoms with van der Waals surface area (Å²) in [5.41, 5.74) is -2.11. The number of amides is 1. The van der Waals surface area contributed by atoms with Crippen molar-refractivity contribution < 1.29 is 41.1 Å². The zero-order valence-electron chi connectivity index (χ0n) is 24.6. The lowest BCUT2D eigenvalue weighted by Crippen LogP contribution is -2.58. The van der Waals surface area contributed by atoms with Crippen LogP contribution in [0.25, 0.3) is 11.3 Å². The second-order valence-electron chi connectivity index (χ2n) is 11.2. The average Bonchev–Trinajstić information content (AvgIpc) is 3.73. The van der Waals surface area contributed by atoms with Crippen molar-refractivity contribution >= 4 is 17.3 Å². The van der Waals surface area contributed by atoms with Gasteiger partial charge in [-0.05, 0) is 75.2 Å². The van der Waals surface area contributed by atoms with E-state index in [2.05, 4.69) is 15.0 Å². The van der Waals surface area contributed by atoms with Gasteiger partial charge in [0, 0.05) is 46.2 Å². The fraction of sp³-hybridized carbons (Fsp3) is 0.419. The van der Waals surface area contributed by atoms with Crippen LogP contribution in [0.3, 0.4) is 0 Å². The maximum Gasteiger partial charge on any atom is 0.418 e. The number of methoxy groups -OCH3 is 1. The van der Waals surface area contributed by atoms with Crippen LogP contribution in [-0.2, 0) is 16.9 Å². The van der Waals surface area contributed by atoms with Crippen molar-refractivity contribution in [2.75, 3.05) is 20.3 Å². The Labute approximate surface area is 255 Å². The summed E-state index contributed by atoms with van der Waals surface area (Å²) in [6.45, 7) is 3.96. The summed E-state index contributed by atoms with van der Waals surface area (Å²) in [5, 5.41) is 2.20. The van der Waals surface area contributed by atoms with Gasteiger partial charge in [-0.25, -0.2) is 9.37 Å². The van der Waals surface area contributed by atoms with Gasteiger partial charge < -0.3 is 24.1 Å². The summed E-state index contributed by atoms with van der Waals surface area (Å²) in [7, 11) is 1.48. The van der Waals surface area contributed by atoms with Crippen LogP contribution in [0.2, 0.25) is 0 Å². The Morgan fingerprint density at radius 2 is 1.84 bits per heavy atom. The molecule has 1 amide bonds. The molecular formula is C31H33F4N3O5S. The van der Waals surface area contributed by atoms with E-state index < -0.39 is 52.6 Å². The van der Waals surface area contributed by atoms with Crippen molar-refractivity contribution in [2.24, 2.45) is 0 Å². The lowest BCUT2D eigenvalue weighted by Gasteiger charge is -2.32. The van der Waals surface area contributed by atoms with Gasteiger partial charge >= 0.3 is 6.18 Å². The number of fused-ring (bicyclic) bond motifs is 1. The Balaban J connectivity index is 1.47. The molecular weight excluding hydrogens is 602 g/mol. The van der Waals surface area contributed by atoms with Crippen LogP contribution in [0.15, 0.2) is 48.5 Å². The zero-order chi connectivity index (χ0) is 31.8. The SMILES string of the molecule is COc1cc(C(=O)NC[C@@H](C)c2cc3c(c(-c4ccc(F)cc4)n2)OC[C@@]3(N[S+]([O-])C(C)C)C(F)(F)F)ccc1OC1CC1.